The Hall–Kier alpha value is -1.82. The van der Waals surface area contributed by atoms with Crippen molar-refractivity contribution in [2.45, 2.75) is 45.4 Å². The molecule has 108 valence electrons. The van der Waals surface area contributed by atoms with E-state index in [9.17, 15) is 0 Å². The summed E-state index contributed by atoms with van der Waals surface area (Å²) in [5.74, 6) is 0.792. The molecule has 0 spiro atoms. The number of rotatable bonds is 0. The van der Waals surface area contributed by atoms with Crippen LogP contribution in [0.4, 0.5) is 0 Å². The van der Waals surface area contributed by atoms with E-state index in [2.05, 4.69) is 68.5 Å². The third-order valence-electron chi connectivity index (χ3n) is 4.74. The quantitative estimate of drug-likeness (QED) is 0.573. The second-order valence-corrected chi connectivity index (χ2v) is 6.24. The van der Waals surface area contributed by atoms with E-state index in [1.165, 1.54) is 36.0 Å². The Balaban J connectivity index is 0.000000126. The van der Waals surface area contributed by atoms with Crippen LogP contribution in [0.25, 0.3) is 5.57 Å². The van der Waals surface area contributed by atoms with Crippen molar-refractivity contribution in [2.24, 2.45) is 0 Å². The van der Waals surface area contributed by atoms with E-state index < -0.39 is 0 Å². The summed E-state index contributed by atoms with van der Waals surface area (Å²) in [6, 6.07) is 17.4. The minimum absolute atomic E-state index is 0.792. The Morgan fingerprint density at radius 1 is 0.905 bits per heavy atom. The van der Waals surface area contributed by atoms with Gasteiger partial charge in [-0.05, 0) is 66.4 Å². The molecule has 0 amide bonds. The van der Waals surface area contributed by atoms with Gasteiger partial charge >= 0.3 is 0 Å². The van der Waals surface area contributed by atoms with Crippen LogP contribution < -0.4 is 0 Å². The predicted molar refractivity (Wildman–Crippen MR) is 91.6 cm³/mol. The minimum Gasteiger partial charge on any atom is -0.0766 e. The first-order valence-electron chi connectivity index (χ1n) is 8.08. The summed E-state index contributed by atoms with van der Waals surface area (Å²) < 4.78 is 0. The Bertz CT molecular complexity index is 649. The van der Waals surface area contributed by atoms with Crippen LogP contribution in [0, 0.1) is 0 Å². The highest BCUT2D eigenvalue weighted by Crippen LogP contribution is 2.30. The number of hydrogen-bond donors (Lipinski definition) is 0. The van der Waals surface area contributed by atoms with Gasteiger partial charge in [0, 0.05) is 0 Å². The highest BCUT2D eigenvalue weighted by Gasteiger charge is 2.14. The van der Waals surface area contributed by atoms with Crippen molar-refractivity contribution in [1.29, 1.82) is 0 Å². The van der Waals surface area contributed by atoms with Gasteiger partial charge in [0.15, 0.2) is 0 Å². The third kappa shape index (κ3) is 3.10. The lowest BCUT2D eigenvalue weighted by Crippen LogP contribution is -2.05. The van der Waals surface area contributed by atoms with Crippen LogP contribution in [0.15, 0.2) is 54.6 Å². The number of hydrogen-bond acceptors (Lipinski definition) is 0. The van der Waals surface area contributed by atoms with Crippen LogP contribution >= 0.6 is 0 Å². The molecule has 2 aromatic carbocycles. The second kappa shape index (κ2) is 6.30. The average molecular weight is 276 g/mol. The van der Waals surface area contributed by atoms with Crippen molar-refractivity contribution in [3.63, 3.8) is 0 Å². The van der Waals surface area contributed by atoms with Crippen LogP contribution in [0.5, 0.6) is 0 Å². The summed E-state index contributed by atoms with van der Waals surface area (Å²) in [6.07, 6.45) is 7.45. The molecule has 2 aliphatic carbocycles. The Morgan fingerprint density at radius 2 is 1.62 bits per heavy atom. The SMILES string of the molecule is CC1=CCc2ccccc21.CC1CCCc2ccccc21. The normalized spacial score (nSPS) is 19.0. The molecule has 1 unspecified atom stereocenters. The van der Waals surface area contributed by atoms with E-state index in [0.29, 0.717) is 0 Å². The van der Waals surface area contributed by atoms with Crippen LogP contribution in [-0.4, -0.2) is 0 Å². The molecule has 21 heavy (non-hydrogen) atoms. The van der Waals surface area contributed by atoms with E-state index in [1.54, 1.807) is 11.1 Å². The van der Waals surface area contributed by atoms with Gasteiger partial charge in [0.25, 0.3) is 0 Å². The first-order chi connectivity index (χ1) is 10.3. The first-order valence-corrected chi connectivity index (χ1v) is 8.08. The Kier molecular flexibility index (Phi) is 4.24. The molecule has 0 saturated heterocycles. The monoisotopic (exact) mass is 276 g/mol. The largest absolute Gasteiger partial charge is 0.0766 e. The van der Waals surface area contributed by atoms with E-state index >= 15 is 0 Å². The van der Waals surface area contributed by atoms with Crippen molar-refractivity contribution in [3.8, 4) is 0 Å². The summed E-state index contributed by atoms with van der Waals surface area (Å²) in [4.78, 5) is 0. The summed E-state index contributed by atoms with van der Waals surface area (Å²) in [5.41, 5.74) is 7.49. The summed E-state index contributed by atoms with van der Waals surface area (Å²) in [7, 11) is 0. The van der Waals surface area contributed by atoms with Crippen molar-refractivity contribution < 1.29 is 0 Å². The number of benzene rings is 2. The average Bonchev–Trinajstić information content (AvgIpc) is 2.91. The van der Waals surface area contributed by atoms with E-state index in [-0.39, 0.29) is 0 Å². The topological polar surface area (TPSA) is 0 Å². The van der Waals surface area contributed by atoms with Crippen molar-refractivity contribution in [2.75, 3.05) is 0 Å². The molecule has 1 atom stereocenters. The molecule has 0 fully saturated rings. The smallest absolute Gasteiger partial charge is 0.00855 e. The highest BCUT2D eigenvalue weighted by molar-refractivity contribution is 5.71. The highest BCUT2D eigenvalue weighted by atomic mass is 14.2. The van der Waals surface area contributed by atoms with Gasteiger partial charge in [0.1, 0.15) is 0 Å². The molecule has 0 N–H and O–H groups in total. The van der Waals surface area contributed by atoms with Gasteiger partial charge in [-0.1, -0.05) is 61.5 Å². The first kappa shape index (κ1) is 14.1. The standard InChI is InChI=1S/C11H14.C10H10/c1-9-5-4-7-10-6-2-3-8-11(9)10;1-8-6-7-9-4-2-3-5-10(8)9/h2-3,6,8-9H,4-5,7H2,1H3;2-6H,7H2,1H3. The molecule has 4 rings (SSSR count). The van der Waals surface area contributed by atoms with E-state index in [0.717, 1.165) is 12.3 Å². The van der Waals surface area contributed by atoms with Crippen LogP contribution in [0.3, 0.4) is 0 Å². The molecule has 0 aliphatic heterocycles. The van der Waals surface area contributed by atoms with Gasteiger partial charge in [0.05, 0.1) is 0 Å². The number of aryl methyl sites for hydroxylation is 1. The van der Waals surface area contributed by atoms with Gasteiger partial charge in [-0.15, -0.1) is 0 Å². The van der Waals surface area contributed by atoms with E-state index in [1.807, 2.05) is 0 Å². The zero-order valence-corrected chi connectivity index (χ0v) is 13.1. The fourth-order valence-electron chi connectivity index (χ4n) is 3.45. The molecule has 0 heteroatoms. The van der Waals surface area contributed by atoms with Crippen LogP contribution in [0.1, 0.15) is 54.9 Å². The van der Waals surface area contributed by atoms with Gasteiger partial charge in [-0.25, -0.2) is 0 Å². The van der Waals surface area contributed by atoms with Gasteiger partial charge < -0.3 is 0 Å². The molecule has 0 nitrogen and oxygen atoms in total. The zero-order valence-electron chi connectivity index (χ0n) is 13.1. The fraction of sp³-hybridized carbons (Fsp3) is 0.333. The fourth-order valence-corrected chi connectivity index (χ4v) is 3.45. The summed E-state index contributed by atoms with van der Waals surface area (Å²) >= 11 is 0. The maximum absolute atomic E-state index is 2.33. The molecular weight excluding hydrogens is 252 g/mol. The van der Waals surface area contributed by atoms with Crippen molar-refractivity contribution in [3.05, 3.63) is 76.9 Å². The summed E-state index contributed by atoms with van der Waals surface area (Å²) in [5, 5.41) is 0. The maximum Gasteiger partial charge on any atom is -0.00855 e. The molecule has 0 radical (unpaired) electrons. The van der Waals surface area contributed by atoms with Crippen LogP contribution in [0.2, 0.25) is 0 Å². The van der Waals surface area contributed by atoms with E-state index in [4.69, 9.17) is 0 Å². The summed E-state index contributed by atoms with van der Waals surface area (Å²) in [6.45, 7) is 4.50. The molecule has 0 bridgehead atoms. The maximum atomic E-state index is 2.33. The third-order valence-corrected chi connectivity index (χ3v) is 4.74. The Labute approximate surface area is 128 Å². The van der Waals surface area contributed by atoms with Crippen molar-refractivity contribution >= 4 is 5.57 Å². The molecule has 0 heterocycles. The van der Waals surface area contributed by atoms with Crippen molar-refractivity contribution in [1.82, 2.24) is 0 Å². The van der Waals surface area contributed by atoms with Gasteiger partial charge in [-0.2, -0.15) is 0 Å². The van der Waals surface area contributed by atoms with Gasteiger partial charge in [-0.3, -0.25) is 0 Å². The second-order valence-electron chi connectivity index (χ2n) is 6.24. The number of fused-ring (bicyclic) bond motifs is 2. The van der Waals surface area contributed by atoms with Gasteiger partial charge in [0.2, 0.25) is 0 Å². The molecular formula is C21H24. The molecule has 0 aromatic heterocycles. The lowest BCUT2D eigenvalue weighted by molar-refractivity contribution is 0.590. The molecule has 2 aromatic rings. The lowest BCUT2D eigenvalue weighted by Gasteiger charge is -2.21. The van der Waals surface area contributed by atoms with Crippen LogP contribution in [-0.2, 0) is 12.8 Å². The minimum atomic E-state index is 0.792. The number of allylic oxidation sites excluding steroid dienone is 2. The molecule has 0 saturated carbocycles. The lowest BCUT2D eigenvalue weighted by atomic mass is 9.84. The Morgan fingerprint density at radius 3 is 2.38 bits per heavy atom. The molecule has 2 aliphatic rings. The zero-order chi connectivity index (χ0) is 14.7. The predicted octanol–water partition coefficient (Wildman–Crippen LogP) is 5.77.